The molecular weight excluding hydrogens is 286 g/mol. The molecule has 0 saturated carbocycles. The van der Waals surface area contributed by atoms with E-state index in [4.69, 9.17) is 0 Å². The minimum Gasteiger partial charge on any atom is -0.356 e. The predicted molar refractivity (Wildman–Crippen MR) is 93.5 cm³/mol. The summed E-state index contributed by atoms with van der Waals surface area (Å²) in [6.07, 6.45) is 6.10. The predicted octanol–water partition coefficient (Wildman–Crippen LogP) is 2.22. The Hall–Kier alpha value is -2.30. The Kier molecular flexibility index (Phi) is 4.95. The summed E-state index contributed by atoms with van der Waals surface area (Å²) in [6.45, 7) is 5.87. The van der Waals surface area contributed by atoms with E-state index in [2.05, 4.69) is 57.7 Å². The zero-order chi connectivity index (χ0) is 16.1. The number of hydrogen-bond donors (Lipinski definition) is 1. The van der Waals surface area contributed by atoms with Gasteiger partial charge in [0.25, 0.3) is 0 Å². The monoisotopic (exact) mass is 311 g/mol. The lowest BCUT2D eigenvalue weighted by molar-refractivity contribution is 0.377. The van der Waals surface area contributed by atoms with Crippen LogP contribution in [-0.2, 0) is 19.5 Å². The van der Waals surface area contributed by atoms with Gasteiger partial charge in [-0.3, -0.25) is 9.67 Å². The topological polar surface area (TPSA) is 45.5 Å². The number of aryl methyl sites for hydroxylation is 2. The molecule has 2 heterocycles. The van der Waals surface area contributed by atoms with Crippen molar-refractivity contribution >= 4 is 5.96 Å². The number of nitrogens with one attached hydrogen (secondary N) is 1. The van der Waals surface area contributed by atoms with Gasteiger partial charge in [-0.2, -0.15) is 5.10 Å². The fraction of sp³-hybridized carbons (Fsp3) is 0.444. The van der Waals surface area contributed by atoms with Gasteiger partial charge in [0.1, 0.15) is 0 Å². The van der Waals surface area contributed by atoms with Gasteiger partial charge in [0.15, 0.2) is 5.96 Å². The Morgan fingerprint density at radius 2 is 2.13 bits per heavy atom. The number of rotatable bonds is 4. The number of fused-ring (bicyclic) bond motifs is 1. The minimum atomic E-state index is 0.906. The van der Waals surface area contributed by atoms with Gasteiger partial charge >= 0.3 is 0 Å². The third-order valence-corrected chi connectivity index (χ3v) is 4.25. The molecule has 0 radical (unpaired) electrons. The molecule has 0 spiro atoms. The summed E-state index contributed by atoms with van der Waals surface area (Å²) >= 11 is 0. The van der Waals surface area contributed by atoms with Gasteiger partial charge in [-0.05, 0) is 36.5 Å². The molecule has 1 aliphatic heterocycles. The third-order valence-electron chi connectivity index (χ3n) is 4.25. The maximum Gasteiger partial charge on any atom is 0.193 e. The Balaban J connectivity index is 1.49. The third kappa shape index (κ3) is 3.92. The van der Waals surface area contributed by atoms with Gasteiger partial charge in [0.2, 0.25) is 0 Å². The van der Waals surface area contributed by atoms with Crippen molar-refractivity contribution in [1.82, 2.24) is 20.0 Å². The first-order valence-corrected chi connectivity index (χ1v) is 8.27. The quantitative estimate of drug-likeness (QED) is 0.535. The van der Waals surface area contributed by atoms with Crippen molar-refractivity contribution in [2.45, 2.75) is 32.9 Å². The molecule has 0 fully saturated rings. The second-order valence-corrected chi connectivity index (χ2v) is 6.05. The molecule has 5 heteroatoms. The fourth-order valence-corrected chi connectivity index (χ4v) is 3.04. The first-order valence-electron chi connectivity index (χ1n) is 8.27. The summed E-state index contributed by atoms with van der Waals surface area (Å²) < 4.78 is 2.00. The zero-order valence-electron chi connectivity index (χ0n) is 14.0. The smallest absolute Gasteiger partial charge is 0.193 e. The van der Waals surface area contributed by atoms with Crippen molar-refractivity contribution < 1.29 is 0 Å². The van der Waals surface area contributed by atoms with Crippen LogP contribution in [0.2, 0.25) is 0 Å². The van der Waals surface area contributed by atoms with Gasteiger partial charge in [-0.15, -0.1) is 0 Å². The number of benzene rings is 1. The van der Waals surface area contributed by atoms with Crippen molar-refractivity contribution in [3.8, 4) is 0 Å². The van der Waals surface area contributed by atoms with Crippen LogP contribution in [0, 0.1) is 6.92 Å². The Labute approximate surface area is 138 Å². The molecule has 0 amide bonds. The van der Waals surface area contributed by atoms with E-state index in [-0.39, 0.29) is 0 Å². The summed E-state index contributed by atoms with van der Waals surface area (Å²) in [7, 11) is 1.86. The van der Waals surface area contributed by atoms with E-state index in [9.17, 15) is 0 Å². The molecule has 0 atom stereocenters. The van der Waals surface area contributed by atoms with Crippen molar-refractivity contribution in [3.05, 3.63) is 53.3 Å². The van der Waals surface area contributed by atoms with Gasteiger partial charge in [0.05, 0.1) is 6.20 Å². The van der Waals surface area contributed by atoms with Crippen molar-refractivity contribution in [3.63, 3.8) is 0 Å². The average Bonchev–Trinajstić information content (AvgIpc) is 3.00. The number of aromatic nitrogens is 2. The van der Waals surface area contributed by atoms with Crippen LogP contribution in [0.4, 0.5) is 0 Å². The highest BCUT2D eigenvalue weighted by atomic mass is 15.3. The number of guanidine groups is 1. The fourth-order valence-electron chi connectivity index (χ4n) is 3.04. The highest BCUT2D eigenvalue weighted by Crippen LogP contribution is 2.18. The molecule has 122 valence electrons. The molecule has 3 rings (SSSR count). The maximum atomic E-state index is 4.44. The van der Waals surface area contributed by atoms with Crippen molar-refractivity contribution in [1.29, 1.82) is 0 Å². The highest BCUT2D eigenvalue weighted by molar-refractivity contribution is 5.80. The van der Waals surface area contributed by atoms with Crippen LogP contribution in [0.25, 0.3) is 0 Å². The molecule has 1 aromatic carbocycles. The van der Waals surface area contributed by atoms with E-state index in [0.717, 1.165) is 45.0 Å². The maximum absolute atomic E-state index is 4.44. The van der Waals surface area contributed by atoms with Crippen LogP contribution < -0.4 is 5.32 Å². The van der Waals surface area contributed by atoms with E-state index in [1.807, 2.05) is 17.9 Å². The summed E-state index contributed by atoms with van der Waals surface area (Å²) in [5, 5.41) is 7.80. The second-order valence-electron chi connectivity index (χ2n) is 6.05. The Morgan fingerprint density at radius 3 is 2.87 bits per heavy atom. The molecule has 1 aromatic heterocycles. The first kappa shape index (κ1) is 15.6. The summed E-state index contributed by atoms with van der Waals surface area (Å²) in [5.41, 5.74) is 4.09. The van der Waals surface area contributed by atoms with Crippen LogP contribution in [0.3, 0.4) is 0 Å². The molecule has 23 heavy (non-hydrogen) atoms. The van der Waals surface area contributed by atoms with Crippen LogP contribution >= 0.6 is 0 Å². The van der Waals surface area contributed by atoms with Gasteiger partial charge in [-0.25, -0.2) is 0 Å². The summed E-state index contributed by atoms with van der Waals surface area (Å²) in [5.74, 6) is 0.996. The molecule has 0 saturated heterocycles. The zero-order valence-corrected chi connectivity index (χ0v) is 14.0. The number of nitrogens with zero attached hydrogens (tertiary/aromatic N) is 4. The molecule has 2 aromatic rings. The standard InChI is InChI=1S/C18H25N5/c1-15-12-21-23(13-15)10-5-9-20-18(19-2)22-11-8-16-6-3-4-7-17(16)14-22/h3-4,6-7,12-13H,5,8-11,14H2,1-2H3,(H,19,20). The lowest BCUT2D eigenvalue weighted by Crippen LogP contribution is -2.44. The van der Waals surface area contributed by atoms with Crippen molar-refractivity contribution in [2.75, 3.05) is 20.1 Å². The molecule has 0 aliphatic carbocycles. The largest absolute Gasteiger partial charge is 0.356 e. The van der Waals surface area contributed by atoms with Crippen molar-refractivity contribution in [2.24, 2.45) is 4.99 Å². The van der Waals surface area contributed by atoms with E-state index in [0.29, 0.717) is 0 Å². The lowest BCUT2D eigenvalue weighted by Gasteiger charge is -2.31. The van der Waals surface area contributed by atoms with E-state index in [1.54, 1.807) is 0 Å². The Morgan fingerprint density at radius 1 is 1.30 bits per heavy atom. The second kappa shape index (κ2) is 7.31. The SMILES string of the molecule is CN=C(NCCCn1cc(C)cn1)N1CCc2ccccc2C1. The molecular formula is C18H25N5. The molecule has 1 aliphatic rings. The van der Waals surface area contributed by atoms with E-state index in [1.165, 1.54) is 16.7 Å². The van der Waals surface area contributed by atoms with Gasteiger partial charge < -0.3 is 10.2 Å². The number of hydrogen-bond acceptors (Lipinski definition) is 2. The van der Waals surface area contributed by atoms with Crippen LogP contribution in [-0.4, -0.2) is 40.8 Å². The summed E-state index contributed by atoms with van der Waals surface area (Å²) in [4.78, 5) is 6.78. The Bertz CT molecular complexity index is 674. The van der Waals surface area contributed by atoms with Gasteiger partial charge in [0, 0.05) is 39.4 Å². The van der Waals surface area contributed by atoms with Crippen LogP contribution in [0.1, 0.15) is 23.1 Å². The lowest BCUT2D eigenvalue weighted by atomic mass is 10.0. The molecule has 1 N–H and O–H groups in total. The number of aliphatic imine (C=N–C) groups is 1. The average molecular weight is 311 g/mol. The molecule has 0 bridgehead atoms. The van der Waals surface area contributed by atoms with E-state index < -0.39 is 0 Å². The van der Waals surface area contributed by atoms with E-state index >= 15 is 0 Å². The van der Waals surface area contributed by atoms with Gasteiger partial charge in [-0.1, -0.05) is 24.3 Å². The summed E-state index contributed by atoms with van der Waals surface area (Å²) in [6, 6.07) is 8.69. The highest BCUT2D eigenvalue weighted by Gasteiger charge is 2.18. The molecule has 0 unspecified atom stereocenters. The van der Waals surface area contributed by atoms with Crippen LogP contribution in [0.15, 0.2) is 41.7 Å². The molecule has 5 nitrogen and oxygen atoms in total. The normalized spacial score (nSPS) is 14.7. The first-order chi connectivity index (χ1) is 11.3. The minimum absolute atomic E-state index is 0.906. The van der Waals surface area contributed by atoms with Crippen LogP contribution in [0.5, 0.6) is 0 Å².